The van der Waals surface area contributed by atoms with Gasteiger partial charge in [0.2, 0.25) is 0 Å². The highest BCUT2D eigenvalue weighted by Crippen LogP contribution is 2.38. The predicted molar refractivity (Wildman–Crippen MR) is 130 cm³/mol. The van der Waals surface area contributed by atoms with Gasteiger partial charge in [0.25, 0.3) is 0 Å². The minimum absolute atomic E-state index is 0.0777. The fraction of sp³-hybridized carbons (Fsp3) is 0.643. The molecule has 0 unspecified atom stereocenters. The maximum absolute atomic E-state index is 7.10. The number of rotatable bonds is 15. The Kier molecular flexibility index (Phi) is 10.6. The molecule has 0 aromatic rings. The van der Waals surface area contributed by atoms with Gasteiger partial charge < -0.3 is 4.74 Å². The molecule has 0 saturated carbocycles. The molecule has 1 atom stereocenters. The van der Waals surface area contributed by atoms with Crippen molar-refractivity contribution >= 4 is 0 Å². The van der Waals surface area contributed by atoms with Crippen LogP contribution in [0.4, 0.5) is 0 Å². The van der Waals surface area contributed by atoms with Gasteiger partial charge in [-0.3, -0.25) is 0 Å². The van der Waals surface area contributed by atoms with Crippen LogP contribution in [0.3, 0.4) is 0 Å². The number of hydrogen-bond donors (Lipinski definition) is 0. The summed E-state index contributed by atoms with van der Waals surface area (Å²) in [6, 6.07) is 0. The van der Waals surface area contributed by atoms with Gasteiger partial charge in [0, 0.05) is 0 Å². The summed E-state index contributed by atoms with van der Waals surface area (Å²) >= 11 is 0. The second-order valence-corrected chi connectivity index (χ2v) is 9.35. The molecule has 1 fully saturated rings. The average Bonchev–Trinajstić information content (AvgIpc) is 3.30. The average molecular weight is 401 g/mol. The molecule has 164 valence electrons. The van der Waals surface area contributed by atoms with Crippen molar-refractivity contribution < 1.29 is 7.48 Å². The van der Waals surface area contributed by atoms with Crippen LogP contribution < -0.4 is 0 Å². The van der Waals surface area contributed by atoms with Crippen molar-refractivity contribution in [1.82, 2.24) is 0 Å². The molecule has 1 rings (SSSR count). The van der Waals surface area contributed by atoms with E-state index in [0.717, 1.165) is 64.2 Å². The van der Waals surface area contributed by atoms with Crippen LogP contribution in [0.2, 0.25) is 0 Å². The number of unbranched alkanes of at least 4 members (excludes halogenated alkanes) is 1. The number of epoxide rings is 1. The summed E-state index contributed by atoms with van der Waals surface area (Å²) in [4.78, 5) is 0. The van der Waals surface area contributed by atoms with Crippen molar-refractivity contribution in [2.45, 2.75) is 117 Å². The Morgan fingerprint density at radius 1 is 0.759 bits per heavy atom. The van der Waals surface area contributed by atoms with Gasteiger partial charge in [-0.25, -0.2) is 0 Å². The van der Waals surface area contributed by atoms with Gasteiger partial charge in [-0.05, 0) is 106 Å². The molecule has 1 saturated heterocycles. The molecule has 1 aliphatic rings. The van der Waals surface area contributed by atoms with Gasteiger partial charge in [0.15, 0.2) is 0 Å². The molecule has 1 heteroatoms. The predicted octanol–water partition coefficient (Wildman–Crippen LogP) is 9.04. The zero-order chi connectivity index (χ0) is 23.3. The van der Waals surface area contributed by atoms with Crippen LogP contribution in [-0.4, -0.2) is 11.7 Å². The summed E-state index contributed by atoms with van der Waals surface area (Å²) in [5, 5.41) is 0. The standard InChI is InChI=1S/C28H46O/c1-8-9-14-23(2)17-12-18-24(3)15-10-11-16-25(4)19-13-20-26(5)21-22-27-28(6,7)29-27/h8,15-17,20,27H,1,9-14,18-19,21-22H2,2-7H3/b23-17+,24-15+,25-16+,26-20+/t27-/m0/s1/i1D2. The first-order valence-corrected chi connectivity index (χ1v) is 11.5. The van der Waals surface area contributed by atoms with Gasteiger partial charge >= 0.3 is 0 Å². The van der Waals surface area contributed by atoms with E-state index in [1.807, 2.05) is 0 Å². The molecule has 0 bridgehead atoms. The summed E-state index contributed by atoms with van der Waals surface area (Å²) in [6.45, 7) is 13.2. The Hall–Kier alpha value is -1.34. The van der Waals surface area contributed by atoms with E-state index in [0.29, 0.717) is 6.10 Å². The van der Waals surface area contributed by atoms with Crippen LogP contribution in [-0.2, 0) is 4.74 Å². The Morgan fingerprint density at radius 3 is 1.62 bits per heavy atom. The SMILES string of the molecule is [2H]C([2H])=CCC/C(C)=C/CC/C(C)=C/CC/C=C(\C)CC/C=C(\C)CC[C@@H]1OC1(C)C. The molecule has 0 aliphatic carbocycles. The molecule has 0 aromatic heterocycles. The minimum Gasteiger partial charge on any atom is -0.367 e. The van der Waals surface area contributed by atoms with E-state index in [2.05, 4.69) is 65.8 Å². The Morgan fingerprint density at radius 2 is 1.17 bits per heavy atom. The lowest BCUT2D eigenvalue weighted by Gasteiger charge is -2.03. The van der Waals surface area contributed by atoms with Crippen molar-refractivity contribution in [3.63, 3.8) is 0 Å². The minimum atomic E-state index is -0.0777. The van der Waals surface area contributed by atoms with Crippen LogP contribution in [0.1, 0.15) is 108 Å². The summed E-state index contributed by atoms with van der Waals surface area (Å²) in [5.41, 5.74) is 5.94. The number of ether oxygens (including phenoxy) is 1. The molecule has 0 spiro atoms. The summed E-state index contributed by atoms with van der Waals surface area (Å²) in [7, 11) is 0. The van der Waals surface area contributed by atoms with E-state index in [1.165, 1.54) is 22.3 Å². The summed E-state index contributed by atoms with van der Waals surface area (Å²) in [5.74, 6) is 0. The molecule has 0 amide bonds. The third-order valence-corrected chi connectivity index (χ3v) is 5.86. The van der Waals surface area contributed by atoms with E-state index in [-0.39, 0.29) is 12.1 Å². The van der Waals surface area contributed by atoms with E-state index in [1.54, 1.807) is 6.08 Å². The quantitative estimate of drug-likeness (QED) is 0.152. The lowest BCUT2D eigenvalue weighted by atomic mass is 10.0. The molecule has 1 aliphatic heterocycles. The first-order chi connectivity index (χ1) is 14.6. The molecule has 0 aromatic carbocycles. The number of hydrogen-bond acceptors (Lipinski definition) is 1. The zero-order valence-electron chi connectivity index (χ0n) is 21.9. The monoisotopic (exact) mass is 400 g/mol. The first kappa shape index (κ1) is 22.3. The lowest BCUT2D eigenvalue weighted by molar-refractivity contribution is 0.320. The van der Waals surface area contributed by atoms with E-state index < -0.39 is 0 Å². The maximum Gasteiger partial charge on any atom is 0.0892 e. The van der Waals surface area contributed by atoms with E-state index in [9.17, 15) is 0 Å². The fourth-order valence-corrected chi connectivity index (χ4v) is 3.56. The van der Waals surface area contributed by atoms with E-state index in [4.69, 9.17) is 7.48 Å². The van der Waals surface area contributed by atoms with Crippen molar-refractivity contribution in [2.75, 3.05) is 0 Å². The van der Waals surface area contributed by atoms with Crippen molar-refractivity contribution in [2.24, 2.45) is 0 Å². The van der Waals surface area contributed by atoms with Gasteiger partial charge in [-0.1, -0.05) is 52.7 Å². The largest absolute Gasteiger partial charge is 0.367 e. The maximum atomic E-state index is 7.10. The smallest absolute Gasteiger partial charge is 0.0892 e. The molecule has 0 radical (unpaired) electrons. The van der Waals surface area contributed by atoms with Crippen LogP contribution in [0.15, 0.2) is 59.2 Å². The summed E-state index contributed by atoms with van der Waals surface area (Å²) < 4.78 is 19.9. The molecule has 1 nitrogen and oxygen atoms in total. The van der Waals surface area contributed by atoms with Gasteiger partial charge in [-0.15, -0.1) is 6.53 Å². The third kappa shape index (κ3) is 12.7. The Bertz CT molecular complexity index is 688. The molecule has 0 N–H and O–H groups in total. The highest BCUT2D eigenvalue weighted by atomic mass is 16.6. The molecular weight excluding hydrogens is 352 g/mol. The third-order valence-electron chi connectivity index (χ3n) is 5.86. The highest BCUT2D eigenvalue weighted by Gasteiger charge is 2.46. The normalized spacial score (nSPS) is 21.0. The lowest BCUT2D eigenvalue weighted by Crippen LogP contribution is -2.02. The van der Waals surface area contributed by atoms with Gasteiger partial charge in [-0.2, -0.15) is 0 Å². The number of allylic oxidation sites excluding steroid dienone is 9. The first-order valence-electron chi connectivity index (χ1n) is 12.5. The Labute approximate surface area is 184 Å². The van der Waals surface area contributed by atoms with Crippen molar-refractivity contribution in [3.8, 4) is 0 Å². The second kappa shape index (κ2) is 13.8. The summed E-state index contributed by atoms with van der Waals surface area (Å²) in [6.07, 6.45) is 22.4. The van der Waals surface area contributed by atoms with Crippen LogP contribution in [0.25, 0.3) is 0 Å². The second-order valence-electron chi connectivity index (χ2n) is 9.35. The van der Waals surface area contributed by atoms with Gasteiger partial charge in [0.05, 0.1) is 14.4 Å². The molecule has 29 heavy (non-hydrogen) atoms. The van der Waals surface area contributed by atoms with Crippen LogP contribution in [0, 0.1) is 0 Å². The molecule has 1 heterocycles. The topological polar surface area (TPSA) is 12.5 Å². The van der Waals surface area contributed by atoms with E-state index >= 15 is 0 Å². The van der Waals surface area contributed by atoms with Crippen molar-refractivity contribution in [1.29, 1.82) is 0 Å². The Balaban J connectivity index is 2.15. The fourth-order valence-electron chi connectivity index (χ4n) is 3.56. The van der Waals surface area contributed by atoms with Gasteiger partial charge in [0.1, 0.15) is 0 Å². The zero-order valence-corrected chi connectivity index (χ0v) is 19.9. The van der Waals surface area contributed by atoms with Crippen LogP contribution in [0.5, 0.6) is 0 Å². The van der Waals surface area contributed by atoms with Crippen LogP contribution >= 0.6 is 0 Å². The molecular formula is C28H46O. The van der Waals surface area contributed by atoms with Crippen molar-refractivity contribution in [3.05, 3.63) is 59.2 Å². The highest BCUT2D eigenvalue weighted by molar-refractivity contribution is 5.07.